The topological polar surface area (TPSA) is 53.7 Å². The number of benzene rings is 1. The summed E-state index contributed by atoms with van der Waals surface area (Å²) in [5.74, 6) is 1.76. The third-order valence-electron chi connectivity index (χ3n) is 2.27. The molecule has 0 aliphatic carbocycles. The molecule has 0 aromatic heterocycles. The Kier molecular flexibility index (Phi) is 4.44. The molecule has 1 rings (SSSR count). The molecule has 0 heterocycles. The second-order valence-corrected chi connectivity index (χ2v) is 4.18. The molecule has 1 atom stereocenters. The first kappa shape index (κ1) is 13.1. The van der Waals surface area contributed by atoms with Crippen molar-refractivity contribution in [3.63, 3.8) is 0 Å². The zero-order valence-corrected chi connectivity index (χ0v) is 11.4. The second-order valence-electron chi connectivity index (χ2n) is 3.33. The molecule has 0 bridgehead atoms. The van der Waals surface area contributed by atoms with Crippen molar-refractivity contribution in [3.8, 4) is 17.2 Å². The Labute approximate surface area is 104 Å². The van der Waals surface area contributed by atoms with Crippen molar-refractivity contribution in [2.45, 2.75) is 13.0 Å². The highest BCUT2D eigenvalue weighted by atomic mass is 79.9. The van der Waals surface area contributed by atoms with Crippen LogP contribution in [0.5, 0.6) is 17.2 Å². The van der Waals surface area contributed by atoms with Crippen LogP contribution in [0, 0.1) is 0 Å². The maximum Gasteiger partial charge on any atom is 0.203 e. The molecule has 0 aliphatic heterocycles. The number of nitrogens with two attached hydrogens (primary N) is 1. The zero-order chi connectivity index (χ0) is 12.3. The van der Waals surface area contributed by atoms with Crippen LogP contribution in [0.4, 0.5) is 0 Å². The molecule has 0 saturated heterocycles. The summed E-state index contributed by atoms with van der Waals surface area (Å²) in [6, 6.07) is 1.66. The van der Waals surface area contributed by atoms with Gasteiger partial charge in [-0.3, -0.25) is 0 Å². The summed E-state index contributed by atoms with van der Waals surface area (Å²) in [5, 5.41) is 0. The van der Waals surface area contributed by atoms with E-state index in [1.54, 1.807) is 21.3 Å². The first-order valence-corrected chi connectivity index (χ1v) is 5.60. The third kappa shape index (κ3) is 2.25. The van der Waals surface area contributed by atoms with Gasteiger partial charge in [0, 0.05) is 16.1 Å². The lowest BCUT2D eigenvalue weighted by Gasteiger charge is -2.19. The molecule has 0 amide bonds. The number of hydrogen-bond donors (Lipinski definition) is 1. The number of hydrogen-bond acceptors (Lipinski definition) is 4. The van der Waals surface area contributed by atoms with Crippen LogP contribution in [0.3, 0.4) is 0 Å². The van der Waals surface area contributed by atoms with Crippen molar-refractivity contribution in [2.75, 3.05) is 21.3 Å². The number of ether oxygens (including phenoxy) is 3. The van der Waals surface area contributed by atoms with Crippen LogP contribution in [0.25, 0.3) is 0 Å². The lowest BCUT2D eigenvalue weighted by atomic mass is 10.1. The molecule has 0 saturated carbocycles. The van der Waals surface area contributed by atoms with Gasteiger partial charge in [0.05, 0.1) is 21.3 Å². The van der Waals surface area contributed by atoms with Gasteiger partial charge in [0.2, 0.25) is 5.75 Å². The van der Waals surface area contributed by atoms with E-state index in [0.29, 0.717) is 17.2 Å². The summed E-state index contributed by atoms with van der Waals surface area (Å²) in [4.78, 5) is 0. The highest BCUT2D eigenvalue weighted by Gasteiger charge is 2.21. The molecule has 16 heavy (non-hydrogen) atoms. The van der Waals surface area contributed by atoms with E-state index in [0.717, 1.165) is 10.0 Å². The minimum Gasteiger partial charge on any atom is -0.493 e. The maximum atomic E-state index is 5.90. The van der Waals surface area contributed by atoms with Crippen LogP contribution in [-0.4, -0.2) is 21.3 Å². The summed E-state index contributed by atoms with van der Waals surface area (Å²) < 4.78 is 16.7. The minimum atomic E-state index is -0.163. The molecule has 4 nitrogen and oxygen atoms in total. The van der Waals surface area contributed by atoms with Gasteiger partial charge in [0.15, 0.2) is 11.5 Å². The van der Waals surface area contributed by atoms with Gasteiger partial charge in [0.25, 0.3) is 0 Å². The SMILES string of the molecule is COc1cc(Br)c(C(C)N)c(OC)c1OC. The highest BCUT2D eigenvalue weighted by molar-refractivity contribution is 9.10. The summed E-state index contributed by atoms with van der Waals surface area (Å²) in [6.07, 6.45) is 0. The van der Waals surface area contributed by atoms with Crippen LogP contribution in [0.15, 0.2) is 10.5 Å². The predicted molar refractivity (Wildman–Crippen MR) is 66.4 cm³/mol. The number of halogens is 1. The average molecular weight is 290 g/mol. The summed E-state index contributed by atoms with van der Waals surface area (Å²) in [6.45, 7) is 1.88. The Morgan fingerprint density at radius 3 is 2.06 bits per heavy atom. The molecular weight excluding hydrogens is 274 g/mol. The van der Waals surface area contributed by atoms with Crippen molar-refractivity contribution in [3.05, 3.63) is 16.1 Å². The standard InChI is InChI=1S/C11H16BrNO3/c1-6(13)9-7(12)5-8(14-2)10(15-3)11(9)16-4/h5-6H,13H2,1-4H3. The van der Waals surface area contributed by atoms with Gasteiger partial charge in [-0.25, -0.2) is 0 Å². The highest BCUT2D eigenvalue weighted by Crippen LogP contribution is 2.45. The van der Waals surface area contributed by atoms with Gasteiger partial charge in [0.1, 0.15) is 0 Å². The summed E-state index contributed by atoms with van der Waals surface area (Å²) >= 11 is 3.45. The average Bonchev–Trinajstić information content (AvgIpc) is 2.26. The fraction of sp³-hybridized carbons (Fsp3) is 0.455. The smallest absolute Gasteiger partial charge is 0.203 e. The minimum absolute atomic E-state index is 0.163. The maximum absolute atomic E-state index is 5.90. The van der Waals surface area contributed by atoms with E-state index in [9.17, 15) is 0 Å². The van der Waals surface area contributed by atoms with Gasteiger partial charge >= 0.3 is 0 Å². The fourth-order valence-corrected chi connectivity index (χ4v) is 2.32. The van der Waals surface area contributed by atoms with Crippen molar-refractivity contribution < 1.29 is 14.2 Å². The largest absolute Gasteiger partial charge is 0.493 e. The van der Waals surface area contributed by atoms with Crippen molar-refractivity contribution >= 4 is 15.9 Å². The van der Waals surface area contributed by atoms with E-state index in [4.69, 9.17) is 19.9 Å². The Morgan fingerprint density at radius 1 is 1.12 bits per heavy atom. The van der Waals surface area contributed by atoms with E-state index >= 15 is 0 Å². The lowest BCUT2D eigenvalue weighted by Crippen LogP contribution is -2.09. The molecule has 5 heteroatoms. The lowest BCUT2D eigenvalue weighted by molar-refractivity contribution is 0.320. The van der Waals surface area contributed by atoms with Crippen LogP contribution < -0.4 is 19.9 Å². The Morgan fingerprint density at radius 2 is 1.69 bits per heavy atom. The molecule has 2 N–H and O–H groups in total. The normalized spacial score (nSPS) is 12.1. The summed E-state index contributed by atoms with van der Waals surface area (Å²) in [5.41, 5.74) is 6.76. The third-order valence-corrected chi connectivity index (χ3v) is 2.93. The Balaban J connectivity index is 3.51. The van der Waals surface area contributed by atoms with Gasteiger partial charge in [-0.1, -0.05) is 15.9 Å². The Bertz CT molecular complexity index is 380. The molecule has 1 unspecified atom stereocenters. The summed E-state index contributed by atoms with van der Waals surface area (Å²) in [7, 11) is 4.73. The first-order valence-electron chi connectivity index (χ1n) is 4.80. The van der Waals surface area contributed by atoms with Crippen LogP contribution in [0.2, 0.25) is 0 Å². The molecule has 1 aromatic carbocycles. The van der Waals surface area contributed by atoms with E-state index in [1.807, 2.05) is 13.0 Å². The molecule has 0 spiro atoms. The van der Waals surface area contributed by atoms with Gasteiger partial charge < -0.3 is 19.9 Å². The van der Waals surface area contributed by atoms with E-state index in [-0.39, 0.29) is 6.04 Å². The Hall–Kier alpha value is -0.940. The molecule has 1 aromatic rings. The van der Waals surface area contributed by atoms with Crippen molar-refractivity contribution in [1.82, 2.24) is 0 Å². The van der Waals surface area contributed by atoms with Crippen LogP contribution in [-0.2, 0) is 0 Å². The predicted octanol–water partition coefficient (Wildman–Crippen LogP) is 2.49. The zero-order valence-electron chi connectivity index (χ0n) is 9.83. The molecule has 0 fully saturated rings. The quantitative estimate of drug-likeness (QED) is 0.925. The van der Waals surface area contributed by atoms with Crippen LogP contribution >= 0.6 is 15.9 Å². The van der Waals surface area contributed by atoms with Gasteiger partial charge in [-0.05, 0) is 13.0 Å². The van der Waals surface area contributed by atoms with Gasteiger partial charge in [-0.2, -0.15) is 0 Å². The fourth-order valence-electron chi connectivity index (χ4n) is 1.57. The first-order chi connectivity index (χ1) is 7.56. The monoisotopic (exact) mass is 289 g/mol. The van der Waals surface area contributed by atoms with E-state index in [2.05, 4.69) is 15.9 Å². The second kappa shape index (κ2) is 5.41. The molecule has 0 radical (unpaired) electrons. The number of rotatable bonds is 4. The number of methoxy groups -OCH3 is 3. The van der Waals surface area contributed by atoms with Crippen molar-refractivity contribution in [2.24, 2.45) is 5.73 Å². The molecule has 90 valence electrons. The molecular formula is C11H16BrNO3. The van der Waals surface area contributed by atoms with E-state index in [1.165, 1.54) is 0 Å². The van der Waals surface area contributed by atoms with E-state index < -0.39 is 0 Å². The molecule has 0 aliphatic rings. The van der Waals surface area contributed by atoms with Gasteiger partial charge in [-0.15, -0.1) is 0 Å². The van der Waals surface area contributed by atoms with Crippen LogP contribution in [0.1, 0.15) is 18.5 Å². The van der Waals surface area contributed by atoms with Crippen molar-refractivity contribution in [1.29, 1.82) is 0 Å².